The van der Waals surface area contributed by atoms with Crippen molar-refractivity contribution in [3.63, 3.8) is 0 Å². The van der Waals surface area contributed by atoms with Crippen molar-refractivity contribution in [2.24, 2.45) is 0 Å². The van der Waals surface area contributed by atoms with Crippen LogP contribution in [-0.4, -0.2) is 31.9 Å². The zero-order valence-electron chi connectivity index (χ0n) is 24.6. The summed E-state index contributed by atoms with van der Waals surface area (Å²) in [6, 6.07) is 43.9. The van der Waals surface area contributed by atoms with Crippen molar-refractivity contribution in [3.8, 4) is 0 Å². The Morgan fingerprint density at radius 3 is 1.22 bits per heavy atom. The van der Waals surface area contributed by atoms with Gasteiger partial charge >= 0.3 is 15.2 Å². The average molecular weight is 640 g/mol. The molecule has 0 radical (unpaired) electrons. The Kier molecular flexibility index (Phi) is 10.3. The molecule has 4 N–H and O–H groups in total. The molecule has 5 aromatic rings. The van der Waals surface area contributed by atoms with Gasteiger partial charge in [0.15, 0.2) is 0 Å². The molecule has 0 aliphatic rings. The molecule has 0 unspecified atom stereocenters. The summed E-state index contributed by atoms with van der Waals surface area (Å²) < 4.78 is 22.7. The van der Waals surface area contributed by atoms with E-state index in [2.05, 4.69) is 47.4 Å². The summed E-state index contributed by atoms with van der Waals surface area (Å²) in [5.41, 5.74) is 8.64. The predicted octanol–water partition coefficient (Wildman–Crippen LogP) is 8.19. The van der Waals surface area contributed by atoms with Gasteiger partial charge in [-0.15, -0.1) is 0 Å². The van der Waals surface area contributed by atoms with Crippen LogP contribution in [0.4, 0.5) is 17.1 Å². The van der Waals surface area contributed by atoms with E-state index in [4.69, 9.17) is 0 Å². The third kappa shape index (κ3) is 9.46. The zero-order valence-corrected chi connectivity index (χ0v) is 26.3. The third-order valence-corrected chi connectivity index (χ3v) is 9.02. The lowest BCUT2D eigenvalue weighted by molar-refractivity contribution is 0.371. The second kappa shape index (κ2) is 14.4. The number of anilines is 3. The standard InChI is InChI=1S/C36H35NO6P2/c38-44(39,40)25-23-28-11-17-33(18-12-28)37(34-19-13-29(14-20-34)24-26-45(41,42)43)35-21-15-30(16-22-35)27-36(31-7-3-1-4-8-31)32-9-5-2-6-10-32/h1-22,27H,23-26H2,(H2,38,39,40)(H2,41,42,43). The van der Waals surface area contributed by atoms with Crippen LogP contribution >= 0.6 is 15.2 Å². The summed E-state index contributed by atoms with van der Waals surface area (Å²) in [7, 11) is -8.20. The molecule has 0 spiro atoms. The molecule has 9 heteroatoms. The smallest absolute Gasteiger partial charge is 0.324 e. The molecular formula is C36H35NO6P2. The largest absolute Gasteiger partial charge is 0.325 e. The van der Waals surface area contributed by atoms with Crippen LogP contribution in [0, 0.1) is 0 Å². The Morgan fingerprint density at radius 2 is 0.867 bits per heavy atom. The lowest BCUT2D eigenvalue weighted by Gasteiger charge is -2.26. The number of hydrogen-bond donors (Lipinski definition) is 4. The van der Waals surface area contributed by atoms with Crippen LogP contribution in [0.25, 0.3) is 11.6 Å². The maximum absolute atomic E-state index is 11.4. The maximum Gasteiger partial charge on any atom is 0.325 e. The van der Waals surface area contributed by atoms with Crippen LogP contribution in [0.2, 0.25) is 0 Å². The van der Waals surface area contributed by atoms with Crippen LogP contribution in [0.3, 0.4) is 0 Å². The molecule has 0 aliphatic heterocycles. The fourth-order valence-electron chi connectivity index (χ4n) is 5.08. The molecule has 0 aromatic heterocycles. The molecule has 0 bridgehead atoms. The fraction of sp³-hybridized carbons (Fsp3) is 0.111. The molecule has 0 saturated carbocycles. The van der Waals surface area contributed by atoms with Gasteiger partial charge in [-0.1, -0.05) is 97.1 Å². The van der Waals surface area contributed by atoms with E-state index in [1.165, 1.54) is 0 Å². The molecule has 0 aliphatic carbocycles. The molecule has 0 saturated heterocycles. The highest BCUT2D eigenvalue weighted by molar-refractivity contribution is 7.52. The first-order valence-electron chi connectivity index (χ1n) is 14.5. The third-order valence-electron chi connectivity index (χ3n) is 7.40. The van der Waals surface area contributed by atoms with Crippen molar-refractivity contribution >= 4 is 43.9 Å². The van der Waals surface area contributed by atoms with Gasteiger partial charge in [-0.25, -0.2) is 0 Å². The summed E-state index contributed by atoms with van der Waals surface area (Å²) in [5.74, 6) is 0. The second-order valence-corrected chi connectivity index (χ2v) is 14.4. The normalized spacial score (nSPS) is 11.6. The highest BCUT2D eigenvalue weighted by atomic mass is 31.2. The van der Waals surface area contributed by atoms with Crippen molar-refractivity contribution in [1.82, 2.24) is 0 Å². The van der Waals surface area contributed by atoms with Gasteiger partial charge in [-0.05, 0) is 88.7 Å². The van der Waals surface area contributed by atoms with E-state index in [1.807, 2.05) is 97.1 Å². The van der Waals surface area contributed by atoms with Gasteiger partial charge in [0.05, 0.1) is 12.3 Å². The van der Waals surface area contributed by atoms with Crippen molar-refractivity contribution < 1.29 is 28.7 Å². The van der Waals surface area contributed by atoms with E-state index in [0.717, 1.165) is 50.5 Å². The van der Waals surface area contributed by atoms with E-state index in [0.29, 0.717) is 0 Å². The molecule has 0 heterocycles. The Labute approximate surface area is 263 Å². The van der Waals surface area contributed by atoms with Gasteiger partial charge in [0.2, 0.25) is 0 Å². The van der Waals surface area contributed by atoms with Crippen molar-refractivity contribution in [1.29, 1.82) is 0 Å². The van der Waals surface area contributed by atoms with E-state index in [-0.39, 0.29) is 25.2 Å². The van der Waals surface area contributed by atoms with Crippen LogP contribution in [0.5, 0.6) is 0 Å². The molecule has 5 rings (SSSR count). The number of nitrogens with zero attached hydrogens (tertiary/aromatic N) is 1. The maximum atomic E-state index is 11.4. The minimum Gasteiger partial charge on any atom is -0.324 e. The summed E-state index contributed by atoms with van der Waals surface area (Å²) >= 11 is 0. The Hall–Kier alpha value is -4.06. The highest BCUT2D eigenvalue weighted by Crippen LogP contribution is 2.38. The SMILES string of the molecule is O=P(O)(O)CCc1ccc(N(c2ccc(C=C(c3ccccc3)c3ccccc3)cc2)c2ccc(CCP(=O)(O)O)cc2)cc1. The summed E-state index contributed by atoms with van der Waals surface area (Å²) in [4.78, 5) is 39.2. The zero-order chi connectivity index (χ0) is 31.9. The Balaban J connectivity index is 1.48. The first-order valence-corrected chi connectivity index (χ1v) is 18.1. The molecule has 230 valence electrons. The lowest BCUT2D eigenvalue weighted by Crippen LogP contribution is -2.10. The summed E-state index contributed by atoms with van der Waals surface area (Å²) in [5, 5.41) is 0. The van der Waals surface area contributed by atoms with Crippen LogP contribution in [0.1, 0.15) is 27.8 Å². The molecule has 45 heavy (non-hydrogen) atoms. The number of benzene rings is 5. The average Bonchev–Trinajstić information content (AvgIpc) is 3.04. The van der Waals surface area contributed by atoms with E-state index >= 15 is 0 Å². The van der Waals surface area contributed by atoms with E-state index < -0.39 is 15.2 Å². The van der Waals surface area contributed by atoms with Gasteiger partial charge in [-0.2, -0.15) is 0 Å². The topological polar surface area (TPSA) is 118 Å². The summed E-state index contributed by atoms with van der Waals surface area (Å²) in [6.45, 7) is 0. The first kappa shape index (κ1) is 32.3. The van der Waals surface area contributed by atoms with E-state index in [9.17, 15) is 28.7 Å². The lowest BCUT2D eigenvalue weighted by atomic mass is 9.95. The van der Waals surface area contributed by atoms with Gasteiger partial charge in [0.1, 0.15) is 0 Å². The number of rotatable bonds is 12. The van der Waals surface area contributed by atoms with Crippen LogP contribution in [-0.2, 0) is 22.0 Å². The van der Waals surface area contributed by atoms with Crippen LogP contribution < -0.4 is 4.90 Å². The monoisotopic (exact) mass is 639 g/mol. The Morgan fingerprint density at radius 1 is 0.511 bits per heavy atom. The molecule has 7 nitrogen and oxygen atoms in total. The minimum absolute atomic E-state index is 0.213. The second-order valence-electron chi connectivity index (χ2n) is 10.8. The van der Waals surface area contributed by atoms with Gasteiger partial charge < -0.3 is 24.5 Å². The van der Waals surface area contributed by atoms with Crippen LogP contribution in [0.15, 0.2) is 133 Å². The first-order chi connectivity index (χ1) is 21.5. The van der Waals surface area contributed by atoms with Crippen molar-refractivity contribution in [2.75, 3.05) is 17.2 Å². The predicted molar refractivity (Wildman–Crippen MR) is 182 cm³/mol. The van der Waals surface area contributed by atoms with Crippen molar-refractivity contribution in [3.05, 3.63) is 161 Å². The van der Waals surface area contributed by atoms with Gasteiger partial charge in [0, 0.05) is 17.1 Å². The molecule has 0 fully saturated rings. The minimum atomic E-state index is -4.10. The Bertz CT molecular complexity index is 1700. The summed E-state index contributed by atoms with van der Waals surface area (Å²) in [6.07, 6.45) is 2.28. The molecule has 5 aromatic carbocycles. The molecule has 0 amide bonds. The van der Waals surface area contributed by atoms with Gasteiger partial charge in [0.25, 0.3) is 0 Å². The van der Waals surface area contributed by atoms with E-state index in [1.54, 1.807) is 0 Å². The van der Waals surface area contributed by atoms with Crippen molar-refractivity contribution in [2.45, 2.75) is 12.8 Å². The fourth-order valence-corrected chi connectivity index (χ4v) is 6.17. The molecule has 0 atom stereocenters. The highest BCUT2D eigenvalue weighted by Gasteiger charge is 2.16. The molecular weight excluding hydrogens is 604 g/mol. The number of hydrogen-bond acceptors (Lipinski definition) is 3. The van der Waals surface area contributed by atoms with Gasteiger partial charge in [-0.3, -0.25) is 9.13 Å². The quantitative estimate of drug-likeness (QED) is 0.0803. The number of aryl methyl sites for hydroxylation is 2.